The van der Waals surface area contributed by atoms with E-state index < -0.39 is 58.4 Å². The van der Waals surface area contributed by atoms with E-state index in [0.29, 0.717) is 31.5 Å². The number of ether oxygens (including phenoxy) is 1. The van der Waals surface area contributed by atoms with Gasteiger partial charge in [0.25, 0.3) is 11.8 Å². The number of hydrogen-bond donors (Lipinski definition) is 2. The molecule has 2 amide bonds. The molecule has 0 saturated carbocycles. The maximum atomic E-state index is 14.1. The molecule has 2 atom stereocenters. The number of aromatic nitrogens is 1. The highest BCUT2D eigenvalue weighted by molar-refractivity contribution is 5.99. The van der Waals surface area contributed by atoms with E-state index in [9.17, 15) is 32.7 Å². The molecule has 1 fully saturated rings. The summed E-state index contributed by atoms with van der Waals surface area (Å²) in [5.41, 5.74) is -1.12. The zero-order valence-electron chi connectivity index (χ0n) is 20.8. The lowest BCUT2D eigenvalue weighted by Gasteiger charge is -2.37. The van der Waals surface area contributed by atoms with Crippen molar-refractivity contribution in [2.45, 2.75) is 32.0 Å². The zero-order chi connectivity index (χ0) is 27.7. The Hall–Kier alpha value is -4.12. The Morgan fingerprint density at radius 1 is 1.10 bits per heavy atom. The molecule has 3 heterocycles. The molecule has 5 rings (SSSR count). The van der Waals surface area contributed by atoms with Crippen LogP contribution in [-0.4, -0.2) is 46.1 Å². The Balaban J connectivity index is 1.56. The smallest absolute Gasteiger partial charge is 0.274 e. The molecule has 204 valence electrons. The van der Waals surface area contributed by atoms with Crippen LogP contribution in [-0.2, 0) is 13.2 Å². The lowest BCUT2D eigenvalue weighted by atomic mass is 9.94. The Kier molecular flexibility index (Phi) is 7.42. The molecule has 0 radical (unpaired) electrons. The molecule has 1 aromatic heterocycles. The van der Waals surface area contributed by atoms with Gasteiger partial charge in [0.2, 0.25) is 5.43 Å². The Bertz CT molecular complexity index is 1450. The monoisotopic (exact) mass is 541 g/mol. The molecule has 8 nitrogen and oxygen atoms in total. The van der Waals surface area contributed by atoms with Crippen molar-refractivity contribution in [3.63, 3.8) is 0 Å². The minimum atomic E-state index is -1.18. The van der Waals surface area contributed by atoms with Gasteiger partial charge in [-0.3, -0.25) is 14.4 Å². The maximum Gasteiger partial charge on any atom is 0.274 e. The number of amides is 2. The molecule has 3 aromatic rings. The van der Waals surface area contributed by atoms with E-state index in [1.165, 1.54) is 10.8 Å². The summed E-state index contributed by atoms with van der Waals surface area (Å²) in [6.45, 7) is -0.126. The summed E-state index contributed by atoms with van der Waals surface area (Å²) in [7, 11) is 0. The van der Waals surface area contributed by atoms with Crippen molar-refractivity contribution in [2.24, 2.45) is 5.92 Å². The van der Waals surface area contributed by atoms with Crippen molar-refractivity contribution in [2.75, 3.05) is 19.7 Å². The summed E-state index contributed by atoms with van der Waals surface area (Å²) in [5, 5.41) is 12.4. The Morgan fingerprint density at radius 3 is 2.51 bits per heavy atom. The number of halogens is 3. The van der Waals surface area contributed by atoms with E-state index in [1.54, 1.807) is 29.2 Å². The lowest BCUT2D eigenvalue weighted by molar-refractivity contribution is 0.0631. The second-order valence-electron chi connectivity index (χ2n) is 9.67. The van der Waals surface area contributed by atoms with Gasteiger partial charge in [-0.25, -0.2) is 13.2 Å². The third-order valence-electron chi connectivity index (χ3n) is 7.23. The Labute approximate surface area is 221 Å². The summed E-state index contributed by atoms with van der Waals surface area (Å²) in [4.78, 5) is 41.8. The minimum absolute atomic E-state index is 0.0142. The molecule has 39 heavy (non-hydrogen) atoms. The number of carbonyl (C=O) groups is 2. The lowest BCUT2D eigenvalue weighted by Crippen LogP contribution is -2.46. The second-order valence-corrected chi connectivity index (χ2v) is 9.67. The Morgan fingerprint density at radius 2 is 1.82 bits per heavy atom. The summed E-state index contributed by atoms with van der Waals surface area (Å²) in [6.07, 6.45) is 2.53. The number of pyridine rings is 1. The van der Waals surface area contributed by atoms with Crippen LogP contribution in [0.4, 0.5) is 13.2 Å². The molecule has 11 heteroatoms. The van der Waals surface area contributed by atoms with Crippen LogP contribution in [0.1, 0.15) is 50.9 Å². The molecule has 2 aliphatic rings. The van der Waals surface area contributed by atoms with Crippen molar-refractivity contribution in [1.29, 1.82) is 0 Å². The van der Waals surface area contributed by atoms with Crippen LogP contribution in [0.3, 0.4) is 0 Å². The number of nitrogens with zero attached hydrogens (tertiary/aromatic N) is 2. The fourth-order valence-electron chi connectivity index (χ4n) is 5.17. The van der Waals surface area contributed by atoms with Crippen LogP contribution in [0.2, 0.25) is 0 Å². The first kappa shape index (κ1) is 26.5. The fourth-order valence-corrected chi connectivity index (χ4v) is 5.17. The second kappa shape index (κ2) is 10.9. The van der Waals surface area contributed by atoms with Gasteiger partial charge in [-0.05, 0) is 18.4 Å². The first-order chi connectivity index (χ1) is 18.8. The predicted octanol–water partition coefficient (Wildman–Crippen LogP) is 3.17. The zero-order valence-corrected chi connectivity index (χ0v) is 20.8. The van der Waals surface area contributed by atoms with Crippen molar-refractivity contribution in [3.8, 4) is 5.75 Å². The molecule has 0 aliphatic carbocycles. The van der Waals surface area contributed by atoms with E-state index in [0.717, 1.165) is 5.56 Å². The van der Waals surface area contributed by atoms with Crippen LogP contribution >= 0.6 is 0 Å². The van der Waals surface area contributed by atoms with Crippen molar-refractivity contribution < 1.29 is 32.6 Å². The average molecular weight is 542 g/mol. The highest BCUT2D eigenvalue weighted by Gasteiger charge is 2.40. The summed E-state index contributed by atoms with van der Waals surface area (Å²) < 4.78 is 48.9. The third-order valence-corrected chi connectivity index (χ3v) is 7.23. The minimum Gasteiger partial charge on any atom is -0.483 e. The van der Waals surface area contributed by atoms with Gasteiger partial charge >= 0.3 is 0 Å². The number of hydrogen-bond acceptors (Lipinski definition) is 5. The standard InChI is InChI=1S/C28H26F3N3O5/c29-18-9-21(30)19(22(31)10-18)11-32-27(37)20-12-34-23-13-33(8-4-7-17(23)14-35)28(38)24(34)26(25(20)36)39-15-16-5-2-1-3-6-16/h1-3,5-6,9-10,12,17,23,35H,4,7-8,11,13-15H2,(H,32,37). The first-order valence-corrected chi connectivity index (χ1v) is 12.6. The molecule has 1 saturated heterocycles. The summed E-state index contributed by atoms with van der Waals surface area (Å²) >= 11 is 0. The van der Waals surface area contributed by atoms with Gasteiger partial charge in [0, 0.05) is 56.1 Å². The molecular formula is C28H26F3N3O5. The highest BCUT2D eigenvalue weighted by atomic mass is 19.1. The third kappa shape index (κ3) is 5.14. The number of aliphatic hydroxyl groups is 1. The molecule has 2 N–H and O–H groups in total. The van der Waals surface area contributed by atoms with Crippen LogP contribution in [0.25, 0.3) is 0 Å². The number of benzene rings is 2. The quantitative estimate of drug-likeness (QED) is 0.479. The van der Waals surface area contributed by atoms with Crippen molar-refractivity contribution in [1.82, 2.24) is 14.8 Å². The summed E-state index contributed by atoms with van der Waals surface area (Å²) in [5.74, 6) is -5.41. The van der Waals surface area contributed by atoms with Gasteiger partial charge in [-0.1, -0.05) is 30.3 Å². The van der Waals surface area contributed by atoms with E-state index in [2.05, 4.69) is 5.32 Å². The van der Waals surface area contributed by atoms with E-state index in [4.69, 9.17) is 4.74 Å². The largest absolute Gasteiger partial charge is 0.483 e. The van der Waals surface area contributed by atoms with Gasteiger partial charge in [0.15, 0.2) is 11.4 Å². The van der Waals surface area contributed by atoms with Gasteiger partial charge in [-0.15, -0.1) is 0 Å². The number of carbonyl (C=O) groups excluding carboxylic acids is 2. The number of nitrogens with one attached hydrogen (secondary N) is 1. The van der Waals surface area contributed by atoms with Gasteiger partial charge in [0.05, 0.1) is 6.04 Å². The SMILES string of the molecule is O=C(NCc1c(F)cc(F)cc1F)c1cn2c(c(OCc3ccccc3)c1=O)C(=O)N1CCCC(CO)C2C1. The highest BCUT2D eigenvalue weighted by Crippen LogP contribution is 2.36. The topological polar surface area (TPSA) is 101 Å². The molecule has 2 bridgehead atoms. The van der Waals surface area contributed by atoms with Gasteiger partial charge in [0.1, 0.15) is 29.6 Å². The van der Waals surface area contributed by atoms with Crippen molar-refractivity contribution in [3.05, 3.63) is 98.7 Å². The van der Waals surface area contributed by atoms with Crippen LogP contribution in [0.15, 0.2) is 53.5 Å². The molecular weight excluding hydrogens is 515 g/mol. The number of rotatable bonds is 7. The fraction of sp³-hybridized carbons (Fsp3) is 0.321. The molecule has 0 spiro atoms. The van der Waals surface area contributed by atoms with Gasteiger partial charge < -0.3 is 24.6 Å². The number of aliphatic hydroxyl groups excluding tert-OH is 1. The first-order valence-electron chi connectivity index (χ1n) is 12.6. The molecule has 2 aromatic carbocycles. The number of fused-ring (bicyclic) bond motifs is 4. The normalized spacial score (nSPS) is 18.4. The maximum absolute atomic E-state index is 14.1. The van der Waals surface area contributed by atoms with Gasteiger partial charge in [-0.2, -0.15) is 0 Å². The van der Waals surface area contributed by atoms with Crippen LogP contribution in [0.5, 0.6) is 5.75 Å². The van der Waals surface area contributed by atoms with Crippen LogP contribution in [0, 0.1) is 23.4 Å². The molecule has 2 unspecified atom stereocenters. The van der Waals surface area contributed by atoms with E-state index >= 15 is 0 Å². The summed E-state index contributed by atoms with van der Waals surface area (Å²) in [6, 6.07) is 9.50. The van der Waals surface area contributed by atoms with Crippen molar-refractivity contribution >= 4 is 11.8 Å². The average Bonchev–Trinajstić information content (AvgIpc) is 3.11. The predicted molar refractivity (Wildman–Crippen MR) is 134 cm³/mol. The molecule has 2 aliphatic heterocycles. The van der Waals surface area contributed by atoms with E-state index in [-0.39, 0.29) is 37.1 Å². The van der Waals surface area contributed by atoms with E-state index in [1.807, 2.05) is 6.07 Å². The van der Waals surface area contributed by atoms with Crippen LogP contribution < -0.4 is 15.5 Å².